The van der Waals surface area contributed by atoms with Gasteiger partial charge in [-0.3, -0.25) is 4.99 Å². The van der Waals surface area contributed by atoms with Crippen LogP contribution in [-0.2, 0) is 4.74 Å². The summed E-state index contributed by atoms with van der Waals surface area (Å²) in [4.78, 5) is 4.28. The lowest BCUT2D eigenvalue weighted by Gasteiger charge is -2.12. The Hall–Kier alpha value is -1.89. The molecule has 1 rings (SSSR count). The maximum atomic E-state index is 13.0. The zero-order valence-electron chi connectivity index (χ0n) is 12.3. The Labute approximate surface area is 123 Å². The second-order valence-electron chi connectivity index (χ2n) is 4.10. The van der Waals surface area contributed by atoms with Crippen LogP contribution in [0.15, 0.2) is 23.2 Å². The lowest BCUT2D eigenvalue weighted by molar-refractivity contribution is 0.208. The van der Waals surface area contributed by atoms with E-state index in [0.29, 0.717) is 32.3 Å². The van der Waals surface area contributed by atoms with Crippen molar-refractivity contribution in [3.8, 4) is 5.75 Å². The van der Waals surface area contributed by atoms with Gasteiger partial charge >= 0.3 is 0 Å². The standard InChI is InChI=1S/C14H21F2N3O2/c1-3-17-14(18-6-8-20-2)19-7-9-21-11-4-5-12(15)13(16)10-11/h4-5,10H,3,6-9H2,1-2H3,(H2,17,18,19). The second-order valence-corrected chi connectivity index (χ2v) is 4.10. The van der Waals surface area contributed by atoms with Gasteiger partial charge in [-0.15, -0.1) is 0 Å². The number of nitrogens with one attached hydrogen (secondary N) is 2. The summed E-state index contributed by atoms with van der Waals surface area (Å²) < 4.78 is 36.0. The van der Waals surface area contributed by atoms with Crippen molar-refractivity contribution < 1.29 is 18.3 Å². The quantitative estimate of drug-likeness (QED) is 0.434. The molecule has 118 valence electrons. The normalized spacial score (nSPS) is 11.3. The Kier molecular flexibility index (Phi) is 8.11. The van der Waals surface area contributed by atoms with Crippen LogP contribution in [0.5, 0.6) is 5.75 Å². The molecular formula is C14H21F2N3O2. The van der Waals surface area contributed by atoms with Gasteiger partial charge in [0.1, 0.15) is 12.4 Å². The van der Waals surface area contributed by atoms with Gasteiger partial charge in [-0.2, -0.15) is 0 Å². The van der Waals surface area contributed by atoms with Crippen molar-refractivity contribution in [3.05, 3.63) is 29.8 Å². The number of halogens is 2. The first-order valence-corrected chi connectivity index (χ1v) is 6.76. The van der Waals surface area contributed by atoms with Gasteiger partial charge in [0.05, 0.1) is 19.7 Å². The van der Waals surface area contributed by atoms with Crippen LogP contribution in [0.2, 0.25) is 0 Å². The number of nitrogens with zero attached hydrogens (tertiary/aromatic N) is 1. The molecule has 0 fully saturated rings. The van der Waals surface area contributed by atoms with Gasteiger partial charge in [0.25, 0.3) is 0 Å². The van der Waals surface area contributed by atoms with E-state index < -0.39 is 11.6 Å². The highest BCUT2D eigenvalue weighted by molar-refractivity contribution is 5.79. The fraction of sp³-hybridized carbons (Fsp3) is 0.500. The summed E-state index contributed by atoms with van der Waals surface area (Å²) in [6.45, 7) is 4.59. The maximum absolute atomic E-state index is 13.0. The summed E-state index contributed by atoms with van der Waals surface area (Å²) in [5, 5.41) is 6.14. The first kappa shape index (κ1) is 17.2. The van der Waals surface area contributed by atoms with Crippen molar-refractivity contribution in [2.24, 2.45) is 4.99 Å². The highest BCUT2D eigenvalue weighted by Crippen LogP contribution is 2.14. The minimum absolute atomic E-state index is 0.289. The number of rotatable bonds is 8. The molecule has 0 aliphatic rings. The van der Waals surface area contributed by atoms with E-state index in [1.807, 2.05) is 6.92 Å². The molecule has 21 heavy (non-hydrogen) atoms. The van der Waals surface area contributed by atoms with E-state index in [9.17, 15) is 8.78 Å². The van der Waals surface area contributed by atoms with Crippen LogP contribution in [0, 0.1) is 11.6 Å². The van der Waals surface area contributed by atoms with E-state index in [2.05, 4.69) is 15.6 Å². The third-order valence-corrected chi connectivity index (χ3v) is 2.46. The van der Waals surface area contributed by atoms with Gasteiger partial charge < -0.3 is 20.1 Å². The van der Waals surface area contributed by atoms with Crippen molar-refractivity contribution in [2.45, 2.75) is 6.92 Å². The minimum atomic E-state index is -0.921. The molecule has 1 aromatic carbocycles. The van der Waals surface area contributed by atoms with E-state index in [0.717, 1.165) is 18.7 Å². The Morgan fingerprint density at radius 2 is 2.00 bits per heavy atom. The molecule has 7 heteroatoms. The first-order valence-electron chi connectivity index (χ1n) is 6.76. The Morgan fingerprint density at radius 3 is 2.67 bits per heavy atom. The Bertz CT molecular complexity index is 456. The van der Waals surface area contributed by atoms with Crippen LogP contribution in [0.4, 0.5) is 8.78 Å². The molecule has 0 heterocycles. The fourth-order valence-corrected chi connectivity index (χ4v) is 1.50. The van der Waals surface area contributed by atoms with Crippen LogP contribution in [-0.4, -0.2) is 45.9 Å². The Morgan fingerprint density at radius 1 is 1.19 bits per heavy atom. The van der Waals surface area contributed by atoms with E-state index in [4.69, 9.17) is 9.47 Å². The predicted molar refractivity (Wildman–Crippen MR) is 77.7 cm³/mol. The van der Waals surface area contributed by atoms with Crippen LogP contribution in [0.25, 0.3) is 0 Å². The third-order valence-electron chi connectivity index (χ3n) is 2.46. The molecule has 1 aromatic rings. The Balaban J connectivity index is 2.33. The lowest BCUT2D eigenvalue weighted by atomic mass is 10.3. The summed E-state index contributed by atoms with van der Waals surface area (Å²) in [5.74, 6) is -0.865. The molecule has 0 radical (unpaired) electrons. The number of ether oxygens (including phenoxy) is 2. The van der Waals surface area contributed by atoms with Crippen molar-refractivity contribution in [1.29, 1.82) is 0 Å². The lowest BCUT2D eigenvalue weighted by Crippen LogP contribution is -2.39. The molecule has 0 atom stereocenters. The average Bonchev–Trinajstić information content (AvgIpc) is 2.47. The zero-order valence-corrected chi connectivity index (χ0v) is 12.3. The monoisotopic (exact) mass is 301 g/mol. The highest BCUT2D eigenvalue weighted by atomic mass is 19.2. The number of aliphatic imine (C=N–C) groups is 1. The molecule has 0 bridgehead atoms. The largest absolute Gasteiger partial charge is 0.492 e. The molecule has 0 spiro atoms. The molecular weight excluding hydrogens is 280 g/mol. The minimum Gasteiger partial charge on any atom is -0.492 e. The fourth-order valence-electron chi connectivity index (χ4n) is 1.50. The number of guanidine groups is 1. The zero-order chi connectivity index (χ0) is 15.5. The van der Waals surface area contributed by atoms with Gasteiger partial charge in [0.15, 0.2) is 17.6 Å². The topological polar surface area (TPSA) is 54.9 Å². The number of hydrogen-bond acceptors (Lipinski definition) is 3. The van der Waals surface area contributed by atoms with Crippen molar-refractivity contribution in [1.82, 2.24) is 10.6 Å². The van der Waals surface area contributed by atoms with E-state index in [1.54, 1.807) is 7.11 Å². The molecule has 0 aromatic heterocycles. The average molecular weight is 301 g/mol. The summed E-state index contributed by atoms with van der Waals surface area (Å²) in [5.41, 5.74) is 0. The van der Waals surface area contributed by atoms with Gasteiger partial charge in [-0.1, -0.05) is 0 Å². The van der Waals surface area contributed by atoms with Gasteiger partial charge in [0.2, 0.25) is 0 Å². The molecule has 0 aliphatic heterocycles. The van der Waals surface area contributed by atoms with Gasteiger partial charge in [0, 0.05) is 19.7 Å². The number of benzene rings is 1. The molecule has 0 unspecified atom stereocenters. The first-order chi connectivity index (χ1) is 10.2. The maximum Gasteiger partial charge on any atom is 0.191 e. The highest BCUT2D eigenvalue weighted by Gasteiger charge is 2.03. The van der Waals surface area contributed by atoms with Crippen LogP contribution < -0.4 is 15.4 Å². The SMILES string of the molecule is CCNC(=NCCOC)NCCOc1ccc(F)c(F)c1. The van der Waals surface area contributed by atoms with Crippen LogP contribution in [0.3, 0.4) is 0 Å². The van der Waals surface area contributed by atoms with E-state index in [1.165, 1.54) is 6.07 Å². The van der Waals surface area contributed by atoms with Crippen LogP contribution >= 0.6 is 0 Å². The van der Waals surface area contributed by atoms with Crippen molar-refractivity contribution >= 4 is 5.96 Å². The summed E-state index contributed by atoms with van der Waals surface area (Å²) >= 11 is 0. The predicted octanol–water partition coefficient (Wildman–Crippen LogP) is 1.55. The smallest absolute Gasteiger partial charge is 0.191 e. The molecule has 5 nitrogen and oxygen atoms in total. The molecule has 0 saturated carbocycles. The molecule has 0 saturated heterocycles. The van der Waals surface area contributed by atoms with Gasteiger partial charge in [-0.25, -0.2) is 8.78 Å². The molecule has 2 N–H and O–H groups in total. The summed E-state index contributed by atoms with van der Waals surface area (Å²) in [6, 6.07) is 3.44. The van der Waals surface area contributed by atoms with E-state index in [-0.39, 0.29) is 5.75 Å². The third kappa shape index (κ3) is 6.89. The second kappa shape index (κ2) is 9.93. The summed E-state index contributed by atoms with van der Waals surface area (Å²) in [6.07, 6.45) is 0. The molecule has 0 amide bonds. The van der Waals surface area contributed by atoms with E-state index >= 15 is 0 Å². The van der Waals surface area contributed by atoms with Crippen molar-refractivity contribution in [3.63, 3.8) is 0 Å². The van der Waals surface area contributed by atoms with Gasteiger partial charge in [-0.05, 0) is 19.1 Å². The number of methoxy groups -OCH3 is 1. The summed E-state index contributed by atoms with van der Waals surface area (Å²) in [7, 11) is 1.62. The molecule has 0 aliphatic carbocycles. The number of hydrogen-bond donors (Lipinski definition) is 2. The van der Waals surface area contributed by atoms with Crippen molar-refractivity contribution in [2.75, 3.05) is 40.0 Å². The van der Waals surface area contributed by atoms with Crippen LogP contribution in [0.1, 0.15) is 6.92 Å².